The van der Waals surface area contributed by atoms with Gasteiger partial charge in [0.25, 0.3) is 5.78 Å². The maximum atomic E-state index is 13.5. The van der Waals surface area contributed by atoms with Crippen LogP contribution in [0.25, 0.3) is 16.0 Å². The molecule has 194 valence electrons. The number of halogens is 1. The fraction of sp³-hybridized carbons (Fsp3) is 0.233. The molecule has 1 aliphatic rings. The van der Waals surface area contributed by atoms with E-state index in [-0.39, 0.29) is 11.3 Å². The second kappa shape index (κ2) is 10.6. The van der Waals surface area contributed by atoms with Crippen LogP contribution in [0.1, 0.15) is 55.8 Å². The zero-order valence-corrected chi connectivity index (χ0v) is 22.8. The fourth-order valence-corrected chi connectivity index (χ4v) is 5.75. The Labute approximate surface area is 230 Å². The quantitative estimate of drug-likeness (QED) is 0.147. The van der Waals surface area contributed by atoms with Crippen molar-refractivity contribution in [2.45, 2.75) is 39.2 Å². The molecule has 0 saturated carbocycles. The molecule has 1 atom stereocenters. The lowest BCUT2D eigenvalue weighted by Crippen LogP contribution is -2.29. The topological polar surface area (TPSA) is 79.7 Å². The Bertz CT molecular complexity index is 1540. The minimum Gasteiger partial charge on any atom is -0.507 e. The van der Waals surface area contributed by atoms with Crippen LogP contribution in [-0.2, 0) is 9.59 Å². The number of Topliss-reactive ketones (excluding diaryl/α,β-unsaturated/α-hetero) is 1. The molecule has 0 radical (unpaired) electrons. The van der Waals surface area contributed by atoms with E-state index < -0.39 is 17.7 Å². The van der Waals surface area contributed by atoms with Gasteiger partial charge in [-0.2, -0.15) is 0 Å². The van der Waals surface area contributed by atoms with Gasteiger partial charge in [-0.15, -0.1) is 0 Å². The summed E-state index contributed by atoms with van der Waals surface area (Å²) in [4.78, 5) is 33.0. The highest BCUT2D eigenvalue weighted by Gasteiger charge is 2.48. The molecule has 0 spiro atoms. The first-order valence-corrected chi connectivity index (χ1v) is 13.7. The summed E-state index contributed by atoms with van der Waals surface area (Å²) in [7, 11) is 0. The third-order valence-electron chi connectivity index (χ3n) is 6.51. The number of aliphatic hydroxyl groups is 1. The summed E-state index contributed by atoms with van der Waals surface area (Å²) in [5, 5.41) is 12.3. The van der Waals surface area contributed by atoms with Gasteiger partial charge in [0.2, 0.25) is 0 Å². The minimum atomic E-state index is -0.844. The van der Waals surface area contributed by atoms with Crippen LogP contribution in [0.2, 0.25) is 5.02 Å². The molecule has 5 rings (SSSR count). The van der Waals surface area contributed by atoms with E-state index in [0.29, 0.717) is 45.1 Å². The van der Waals surface area contributed by atoms with Gasteiger partial charge < -0.3 is 9.84 Å². The van der Waals surface area contributed by atoms with Crippen LogP contribution in [0.3, 0.4) is 0 Å². The van der Waals surface area contributed by atoms with Crippen LogP contribution in [0.15, 0.2) is 72.3 Å². The van der Waals surface area contributed by atoms with Gasteiger partial charge in [-0.1, -0.05) is 68.0 Å². The number of thiazole rings is 1. The molecule has 1 unspecified atom stereocenters. The van der Waals surface area contributed by atoms with Gasteiger partial charge in [0.15, 0.2) is 5.13 Å². The van der Waals surface area contributed by atoms with Crippen molar-refractivity contribution in [2.75, 3.05) is 11.5 Å². The lowest BCUT2D eigenvalue weighted by molar-refractivity contribution is -0.132. The summed E-state index contributed by atoms with van der Waals surface area (Å²) < 4.78 is 6.44. The number of anilines is 1. The van der Waals surface area contributed by atoms with Gasteiger partial charge in [0.05, 0.1) is 28.4 Å². The maximum Gasteiger partial charge on any atom is 0.301 e. The van der Waals surface area contributed by atoms with Crippen molar-refractivity contribution in [3.05, 3.63) is 94.0 Å². The fourth-order valence-electron chi connectivity index (χ4n) is 4.48. The average molecular weight is 547 g/mol. The number of aliphatic hydroxyl groups excluding tert-OH is 1. The molecule has 1 N–H and O–H groups in total. The molecular weight excluding hydrogens is 520 g/mol. The Kier molecular flexibility index (Phi) is 7.23. The molecule has 1 saturated heterocycles. The largest absolute Gasteiger partial charge is 0.507 e. The molecule has 4 aromatic rings. The van der Waals surface area contributed by atoms with E-state index in [1.165, 1.54) is 16.2 Å². The molecule has 38 heavy (non-hydrogen) atoms. The number of carbonyl (C=O) groups excluding carboxylic acids is 2. The third kappa shape index (κ3) is 4.79. The van der Waals surface area contributed by atoms with Gasteiger partial charge in [0, 0.05) is 10.6 Å². The number of fused-ring (bicyclic) bond motifs is 1. The monoisotopic (exact) mass is 546 g/mol. The predicted octanol–water partition coefficient (Wildman–Crippen LogP) is 7.49. The molecule has 1 aromatic heterocycles. The molecule has 0 aliphatic carbocycles. The zero-order valence-electron chi connectivity index (χ0n) is 21.3. The Morgan fingerprint density at radius 3 is 2.45 bits per heavy atom. The van der Waals surface area contributed by atoms with Crippen LogP contribution in [0.5, 0.6) is 5.75 Å². The molecule has 2 heterocycles. The number of benzene rings is 3. The standard InChI is InChI=1S/C30H27ClN2O4S/c1-4-15-37-22-12-9-20(10-13-22)27(34)25-26(19-7-5-18(6-8-19)17(2)3)33(29(36)28(25)35)30-32-23-14-11-21(31)16-24(23)38-30/h5-14,16-17,26,34H,4,15H2,1-3H3/b27-25+. The van der Waals surface area contributed by atoms with Crippen molar-refractivity contribution in [1.29, 1.82) is 0 Å². The van der Waals surface area contributed by atoms with E-state index in [9.17, 15) is 14.7 Å². The van der Waals surface area contributed by atoms with Gasteiger partial charge >= 0.3 is 5.91 Å². The molecule has 1 amide bonds. The first-order valence-electron chi connectivity index (χ1n) is 12.5. The van der Waals surface area contributed by atoms with E-state index in [1.54, 1.807) is 42.5 Å². The van der Waals surface area contributed by atoms with E-state index in [0.717, 1.165) is 16.7 Å². The highest BCUT2D eigenvalue weighted by Crippen LogP contribution is 2.44. The summed E-state index contributed by atoms with van der Waals surface area (Å²) in [5.41, 5.74) is 2.95. The van der Waals surface area contributed by atoms with Crippen LogP contribution >= 0.6 is 22.9 Å². The van der Waals surface area contributed by atoms with E-state index in [1.807, 2.05) is 31.2 Å². The van der Waals surface area contributed by atoms with Crippen molar-refractivity contribution in [1.82, 2.24) is 4.98 Å². The highest BCUT2D eigenvalue weighted by atomic mass is 35.5. The number of nitrogens with zero attached hydrogens (tertiary/aromatic N) is 2. The normalized spacial score (nSPS) is 17.1. The lowest BCUT2D eigenvalue weighted by atomic mass is 9.93. The minimum absolute atomic E-state index is 0.0202. The van der Waals surface area contributed by atoms with Crippen LogP contribution in [0, 0.1) is 0 Å². The van der Waals surface area contributed by atoms with E-state index >= 15 is 0 Å². The first kappa shape index (κ1) is 25.9. The molecule has 0 bridgehead atoms. The number of rotatable bonds is 7. The Morgan fingerprint density at radius 1 is 1.08 bits per heavy atom. The van der Waals surface area contributed by atoms with E-state index in [4.69, 9.17) is 16.3 Å². The zero-order chi connectivity index (χ0) is 27.0. The van der Waals surface area contributed by atoms with Gasteiger partial charge in [-0.05, 0) is 65.9 Å². The molecular formula is C30H27ClN2O4S. The Balaban J connectivity index is 1.65. The summed E-state index contributed by atoms with van der Waals surface area (Å²) in [6, 6.07) is 19.1. The first-order chi connectivity index (χ1) is 18.3. The Hall–Kier alpha value is -3.68. The average Bonchev–Trinajstić information content (AvgIpc) is 3.44. The van der Waals surface area contributed by atoms with Gasteiger partial charge in [0.1, 0.15) is 11.5 Å². The Morgan fingerprint density at radius 2 is 1.79 bits per heavy atom. The summed E-state index contributed by atoms with van der Waals surface area (Å²) in [5.74, 6) is -0.757. The third-order valence-corrected chi connectivity index (χ3v) is 7.76. The van der Waals surface area contributed by atoms with Gasteiger partial charge in [-0.3, -0.25) is 14.5 Å². The van der Waals surface area contributed by atoms with Crippen LogP contribution < -0.4 is 9.64 Å². The second-order valence-corrected chi connectivity index (χ2v) is 10.9. The number of hydrogen-bond acceptors (Lipinski definition) is 6. The van der Waals surface area contributed by atoms with Crippen molar-refractivity contribution < 1.29 is 19.4 Å². The predicted molar refractivity (Wildman–Crippen MR) is 152 cm³/mol. The number of ether oxygens (including phenoxy) is 1. The van der Waals surface area contributed by atoms with Crippen molar-refractivity contribution in [3.8, 4) is 5.75 Å². The molecule has 1 fully saturated rings. The summed E-state index contributed by atoms with van der Waals surface area (Å²) in [6.07, 6.45) is 0.874. The lowest BCUT2D eigenvalue weighted by Gasteiger charge is -2.23. The number of amides is 1. The molecule has 6 nitrogen and oxygen atoms in total. The number of hydrogen-bond donors (Lipinski definition) is 1. The van der Waals surface area contributed by atoms with Crippen molar-refractivity contribution in [2.24, 2.45) is 0 Å². The molecule has 3 aromatic carbocycles. The van der Waals surface area contributed by atoms with Crippen molar-refractivity contribution >= 4 is 55.7 Å². The number of ketones is 1. The highest BCUT2D eigenvalue weighted by molar-refractivity contribution is 7.22. The van der Waals surface area contributed by atoms with E-state index in [2.05, 4.69) is 18.8 Å². The van der Waals surface area contributed by atoms with Crippen LogP contribution in [-0.4, -0.2) is 28.4 Å². The maximum absolute atomic E-state index is 13.5. The number of carbonyl (C=O) groups is 2. The number of aromatic nitrogens is 1. The molecule has 1 aliphatic heterocycles. The van der Waals surface area contributed by atoms with Crippen molar-refractivity contribution in [3.63, 3.8) is 0 Å². The van der Waals surface area contributed by atoms with Gasteiger partial charge in [-0.25, -0.2) is 4.98 Å². The SMILES string of the molecule is CCCOc1ccc(/C(O)=C2\C(=O)C(=O)N(c3nc4ccc(Cl)cc4s3)C2c2ccc(C(C)C)cc2)cc1. The summed E-state index contributed by atoms with van der Waals surface area (Å²) in [6.45, 7) is 6.80. The second-order valence-electron chi connectivity index (χ2n) is 9.47. The smallest absolute Gasteiger partial charge is 0.301 e. The van der Waals surface area contributed by atoms with Crippen LogP contribution in [0.4, 0.5) is 5.13 Å². The summed E-state index contributed by atoms with van der Waals surface area (Å²) >= 11 is 7.45. The molecule has 8 heteroatoms.